The van der Waals surface area contributed by atoms with Crippen LogP contribution in [0.2, 0.25) is 0 Å². The fourth-order valence-corrected chi connectivity index (χ4v) is 5.47. The molecule has 0 saturated carbocycles. The Morgan fingerprint density at radius 1 is 0.660 bits per heavy atom. The Morgan fingerprint density at radius 2 is 1.02 bits per heavy atom. The van der Waals surface area contributed by atoms with Gasteiger partial charge in [-0.05, 0) is 59.7 Å². The lowest BCUT2D eigenvalue weighted by atomic mass is 10.2. The van der Waals surface area contributed by atoms with Crippen molar-refractivity contribution in [3.63, 3.8) is 0 Å². The van der Waals surface area contributed by atoms with Crippen LogP contribution in [0.1, 0.15) is 52.7 Å². The number of sulfone groups is 2. The lowest BCUT2D eigenvalue weighted by Gasteiger charge is -2.21. The second-order valence-corrected chi connectivity index (χ2v) is 17.8. The van der Waals surface area contributed by atoms with Gasteiger partial charge in [0.2, 0.25) is 0 Å². The van der Waals surface area contributed by atoms with Crippen LogP contribution >= 0.6 is 12.4 Å². The van der Waals surface area contributed by atoms with Gasteiger partial charge in [-0.25, -0.2) is 21.6 Å². The summed E-state index contributed by atoms with van der Waals surface area (Å²) in [4.78, 5) is 46.0. The summed E-state index contributed by atoms with van der Waals surface area (Å²) in [5, 5.41) is 13.5. The van der Waals surface area contributed by atoms with E-state index in [9.17, 15) is 36.0 Å². The number of esters is 4. The van der Waals surface area contributed by atoms with E-state index in [1.807, 2.05) is 36.4 Å². The highest BCUT2D eigenvalue weighted by atomic mass is 35.5. The van der Waals surface area contributed by atoms with Crippen LogP contribution in [0.25, 0.3) is 0 Å². The second kappa shape index (κ2) is 24.7. The van der Waals surface area contributed by atoms with E-state index >= 15 is 0 Å². The summed E-state index contributed by atoms with van der Waals surface area (Å²) in [5.74, 6) is -3.20. The zero-order chi connectivity index (χ0) is 40.2. The Balaban J connectivity index is 0. The van der Waals surface area contributed by atoms with Gasteiger partial charge < -0.3 is 29.4 Å². The fourth-order valence-electron chi connectivity index (χ4n) is 3.70. The van der Waals surface area contributed by atoms with E-state index in [1.165, 1.54) is 7.05 Å². The maximum Gasteiger partial charge on any atom is 0.332 e. The van der Waals surface area contributed by atoms with E-state index in [-0.39, 0.29) is 37.9 Å². The number of ether oxygens (including phenoxy) is 4. The van der Waals surface area contributed by atoms with Gasteiger partial charge >= 0.3 is 23.9 Å². The van der Waals surface area contributed by atoms with E-state index in [4.69, 9.17) is 24.1 Å². The van der Waals surface area contributed by atoms with Gasteiger partial charge in [-0.2, -0.15) is 0 Å². The Morgan fingerprint density at radius 3 is 1.34 bits per heavy atom. The summed E-state index contributed by atoms with van der Waals surface area (Å²) in [6, 6.07) is 16.2. The van der Waals surface area contributed by atoms with Crippen LogP contribution in [0.15, 0.2) is 60.7 Å². The molecule has 0 saturated heterocycles. The molecule has 0 spiro atoms. The van der Waals surface area contributed by atoms with Crippen LogP contribution in [0.5, 0.6) is 0 Å². The Hall–Kier alpha value is -3.61. The molecule has 2 atom stereocenters. The molecule has 0 aromatic heterocycles. The van der Waals surface area contributed by atoms with Crippen molar-refractivity contribution < 1.29 is 60.1 Å². The van der Waals surface area contributed by atoms with Crippen molar-refractivity contribution in [3.8, 4) is 0 Å². The van der Waals surface area contributed by atoms with Gasteiger partial charge in [-0.15, -0.1) is 12.4 Å². The zero-order valence-electron chi connectivity index (χ0n) is 31.7. The molecule has 0 aliphatic rings. The highest BCUT2D eigenvalue weighted by molar-refractivity contribution is 7.91. The van der Waals surface area contributed by atoms with Gasteiger partial charge in [0.15, 0.2) is 0 Å². The molecule has 2 aromatic carbocycles. The molecule has 18 heteroatoms. The topological polar surface area (TPSA) is 218 Å². The summed E-state index contributed by atoms with van der Waals surface area (Å²) in [7, 11) is -5.15. The number of hydrogen-bond acceptors (Lipinski definition) is 15. The summed E-state index contributed by atoms with van der Waals surface area (Å²) >= 11 is 0. The first-order valence-electron chi connectivity index (χ1n) is 16.1. The highest BCUT2D eigenvalue weighted by Crippen LogP contribution is 2.08. The largest absolute Gasteiger partial charge is 0.460 e. The lowest BCUT2D eigenvalue weighted by molar-refractivity contribution is -0.158. The smallest absolute Gasteiger partial charge is 0.332 e. The Bertz CT molecular complexity index is 1610. The molecule has 0 radical (unpaired) electrons. The molecular weight excluding hydrogens is 756 g/mol. The van der Waals surface area contributed by atoms with Crippen LogP contribution in [0.4, 0.5) is 0 Å². The van der Waals surface area contributed by atoms with E-state index in [1.54, 1.807) is 65.8 Å². The van der Waals surface area contributed by atoms with E-state index in [0.717, 1.165) is 23.6 Å². The molecule has 53 heavy (non-hydrogen) atoms. The molecular formula is C35H55ClN2O13S2. The quantitative estimate of drug-likeness (QED) is 0.174. The third kappa shape index (κ3) is 29.5. The number of hydrogen-bond donors (Lipinski definition) is 3. The van der Waals surface area contributed by atoms with Crippen LogP contribution in [-0.4, -0.2) is 113 Å². The first-order chi connectivity index (χ1) is 23.8. The molecule has 3 N–H and O–H groups in total. The monoisotopic (exact) mass is 810 g/mol. The number of aliphatic hydroxyl groups is 1. The SMILES string of the molecule is CC(C)(C)OC(=O)CNC(CS(C)(=O)=O)C(=O)OCc1ccccc1.CC(C)(C)OC(=O)CO.CNC(CS(C)(=O)=O)C(=O)OCc1ccccc1.Cl. The molecule has 15 nitrogen and oxygen atoms in total. The zero-order valence-corrected chi connectivity index (χ0v) is 34.2. The number of rotatable bonds is 15. The number of halogens is 1. The minimum Gasteiger partial charge on any atom is -0.460 e. The molecule has 2 rings (SSSR count). The summed E-state index contributed by atoms with van der Waals surface area (Å²) in [6.45, 7) is 9.72. The average molecular weight is 811 g/mol. The van der Waals surface area contributed by atoms with Crippen LogP contribution in [-0.2, 0) is 71.0 Å². The fraction of sp³-hybridized carbons (Fsp3) is 0.543. The third-order valence-electron chi connectivity index (χ3n) is 5.77. The van der Waals surface area contributed by atoms with E-state index in [0.29, 0.717) is 0 Å². The van der Waals surface area contributed by atoms with Crippen molar-refractivity contribution in [1.29, 1.82) is 0 Å². The number of likely N-dealkylation sites (N-methyl/N-ethyl adjacent to an activating group) is 1. The maximum atomic E-state index is 12.2. The molecule has 0 fully saturated rings. The molecule has 0 amide bonds. The summed E-state index contributed by atoms with van der Waals surface area (Å²) < 4.78 is 65.4. The molecule has 302 valence electrons. The molecule has 0 bridgehead atoms. The average Bonchev–Trinajstić information content (AvgIpc) is 3.02. The maximum absolute atomic E-state index is 12.2. The normalized spacial score (nSPS) is 12.5. The van der Waals surface area contributed by atoms with Crippen LogP contribution in [0.3, 0.4) is 0 Å². The van der Waals surface area contributed by atoms with Crippen LogP contribution in [0, 0.1) is 0 Å². The predicted molar refractivity (Wildman–Crippen MR) is 203 cm³/mol. The number of carbonyl (C=O) groups excluding carboxylic acids is 4. The summed E-state index contributed by atoms with van der Waals surface area (Å²) in [5.41, 5.74) is 0.486. The molecule has 2 unspecified atom stereocenters. The molecule has 0 aliphatic heterocycles. The molecule has 2 aromatic rings. The van der Waals surface area contributed by atoms with Crippen molar-refractivity contribution in [2.45, 2.75) is 78.0 Å². The van der Waals surface area contributed by atoms with Gasteiger partial charge in [0, 0.05) is 12.5 Å². The third-order valence-corrected chi connectivity index (χ3v) is 7.64. The number of nitrogens with one attached hydrogen (secondary N) is 2. The van der Waals surface area contributed by atoms with Crippen molar-refractivity contribution in [1.82, 2.24) is 10.6 Å². The highest BCUT2D eigenvalue weighted by Gasteiger charge is 2.27. The van der Waals surface area contributed by atoms with Gasteiger partial charge in [-0.1, -0.05) is 60.7 Å². The number of aliphatic hydroxyl groups excluding tert-OH is 1. The Labute approximate surface area is 319 Å². The molecule has 0 aliphatic carbocycles. The van der Waals surface area contributed by atoms with Gasteiger partial charge in [-0.3, -0.25) is 19.7 Å². The van der Waals surface area contributed by atoms with Gasteiger partial charge in [0.25, 0.3) is 0 Å². The van der Waals surface area contributed by atoms with Crippen molar-refractivity contribution in [3.05, 3.63) is 71.8 Å². The van der Waals surface area contributed by atoms with E-state index in [2.05, 4.69) is 10.6 Å². The lowest BCUT2D eigenvalue weighted by Crippen LogP contribution is -2.46. The number of carbonyl (C=O) groups is 4. The van der Waals surface area contributed by atoms with E-state index < -0.39 is 79.2 Å². The second-order valence-electron chi connectivity index (χ2n) is 13.5. The minimum atomic E-state index is -3.45. The Kier molecular flexibility index (Phi) is 24.0. The first kappa shape index (κ1) is 51.5. The summed E-state index contributed by atoms with van der Waals surface area (Å²) in [6.07, 6.45) is 2.10. The number of benzene rings is 2. The van der Waals surface area contributed by atoms with Crippen molar-refractivity contribution >= 4 is 56.0 Å². The van der Waals surface area contributed by atoms with Crippen molar-refractivity contribution in [2.75, 3.05) is 44.2 Å². The van der Waals surface area contributed by atoms with Gasteiger partial charge in [0.1, 0.15) is 62.8 Å². The van der Waals surface area contributed by atoms with Crippen molar-refractivity contribution in [2.24, 2.45) is 0 Å². The minimum absolute atomic E-state index is 0. The standard InChI is InChI=1S/C17H25NO6S.C12H17NO4S.C6H12O3.ClH/c1-17(2,3)24-15(19)10-18-14(12-25(4,21)22)16(20)23-11-13-8-6-5-7-9-13;1-13-11(9-18(2,15)16)12(14)17-8-10-6-4-3-5-7-10;1-6(2,3)9-5(8)4-7;/h5-9,14,18H,10-12H2,1-4H3;3-7,11,13H,8-9H2,1-2H3;7H,4H2,1-3H3;1H. The predicted octanol–water partition coefficient (Wildman–Crippen LogP) is 2.18. The van der Waals surface area contributed by atoms with Gasteiger partial charge in [0.05, 0.1) is 18.1 Å². The molecule has 0 heterocycles. The van der Waals surface area contributed by atoms with Crippen LogP contribution < -0.4 is 10.6 Å². The first-order valence-corrected chi connectivity index (χ1v) is 20.2.